The predicted molar refractivity (Wildman–Crippen MR) is 74.1 cm³/mol. The highest BCUT2D eigenvalue weighted by Crippen LogP contribution is 2.35. The second kappa shape index (κ2) is 5.86. The molecule has 2 aromatic rings. The van der Waals surface area contributed by atoms with E-state index in [1.165, 1.54) is 23.9 Å². The maximum Gasteiger partial charge on any atom is 0.270 e. The number of nitro benzene ring substituents is 1. The van der Waals surface area contributed by atoms with E-state index in [1.54, 1.807) is 12.1 Å². The van der Waals surface area contributed by atoms with Gasteiger partial charge in [-0.25, -0.2) is 0 Å². The van der Waals surface area contributed by atoms with E-state index in [0.29, 0.717) is 16.2 Å². The fourth-order valence-corrected chi connectivity index (χ4v) is 2.64. The van der Waals surface area contributed by atoms with Crippen LogP contribution in [0.1, 0.15) is 10.4 Å². The lowest BCUT2D eigenvalue weighted by Gasteiger charge is -2.06. The number of rotatable bonds is 4. The van der Waals surface area contributed by atoms with Crippen molar-refractivity contribution in [1.82, 2.24) is 0 Å². The van der Waals surface area contributed by atoms with Crippen LogP contribution in [-0.4, -0.2) is 11.2 Å². The molecule has 0 unspecified atom stereocenters. The Morgan fingerprint density at radius 2 is 1.89 bits per heavy atom. The Hall–Kier alpha value is -1.85. The molecule has 0 atom stereocenters. The summed E-state index contributed by atoms with van der Waals surface area (Å²) in [6.07, 6.45) is 0.603. The van der Waals surface area contributed by atoms with Gasteiger partial charge in [-0.15, -0.1) is 0 Å². The van der Waals surface area contributed by atoms with Crippen LogP contribution < -0.4 is 0 Å². The number of halogens is 1. The molecule has 0 fully saturated rings. The van der Waals surface area contributed by atoms with Gasteiger partial charge < -0.3 is 0 Å². The van der Waals surface area contributed by atoms with E-state index in [1.807, 2.05) is 18.2 Å². The van der Waals surface area contributed by atoms with Gasteiger partial charge in [-0.3, -0.25) is 14.9 Å². The third kappa shape index (κ3) is 3.13. The Morgan fingerprint density at radius 3 is 2.53 bits per heavy atom. The molecule has 2 aromatic carbocycles. The second-order valence-corrected chi connectivity index (χ2v) is 5.12. The molecule has 0 radical (unpaired) electrons. The van der Waals surface area contributed by atoms with Crippen molar-refractivity contribution >= 4 is 35.3 Å². The minimum absolute atomic E-state index is 0.106. The van der Waals surface area contributed by atoms with Crippen molar-refractivity contribution in [2.24, 2.45) is 0 Å². The zero-order chi connectivity index (χ0) is 13.8. The highest BCUT2D eigenvalue weighted by molar-refractivity contribution is 7.99. The van der Waals surface area contributed by atoms with Gasteiger partial charge in [0.15, 0.2) is 6.29 Å². The number of carbonyl (C=O) groups excluding carboxylic acids is 1. The lowest BCUT2D eigenvalue weighted by molar-refractivity contribution is -0.384. The van der Waals surface area contributed by atoms with Gasteiger partial charge in [0.25, 0.3) is 5.69 Å². The lowest BCUT2D eigenvalue weighted by Crippen LogP contribution is -1.92. The van der Waals surface area contributed by atoms with E-state index in [9.17, 15) is 14.9 Å². The van der Waals surface area contributed by atoms with Crippen LogP contribution in [-0.2, 0) is 0 Å². The molecule has 96 valence electrons. The molecular weight excluding hydrogens is 286 g/mol. The van der Waals surface area contributed by atoms with Crippen LogP contribution in [0.2, 0.25) is 5.02 Å². The monoisotopic (exact) mass is 293 g/mol. The third-order valence-corrected chi connectivity index (χ3v) is 4.00. The van der Waals surface area contributed by atoms with Gasteiger partial charge in [-0.2, -0.15) is 0 Å². The molecule has 19 heavy (non-hydrogen) atoms. The van der Waals surface area contributed by atoms with Crippen LogP contribution in [0.3, 0.4) is 0 Å². The lowest BCUT2D eigenvalue weighted by atomic mass is 10.2. The number of hydrogen-bond acceptors (Lipinski definition) is 4. The van der Waals surface area contributed by atoms with Gasteiger partial charge in [0, 0.05) is 27.5 Å². The fraction of sp³-hybridized carbons (Fsp3) is 0. The van der Waals surface area contributed by atoms with Crippen molar-refractivity contribution in [1.29, 1.82) is 0 Å². The molecule has 0 aliphatic carbocycles. The smallest absolute Gasteiger partial charge is 0.270 e. The standard InChI is InChI=1S/C13H8ClNO3S/c14-11-3-1-2-4-13(11)19-12-6-5-10(15(17)18)7-9(12)8-16/h1-8H. The molecule has 0 saturated heterocycles. The molecule has 0 saturated carbocycles. The van der Waals surface area contributed by atoms with E-state index < -0.39 is 4.92 Å². The first-order valence-electron chi connectivity index (χ1n) is 5.28. The minimum Gasteiger partial charge on any atom is -0.298 e. The number of nitrogens with zero attached hydrogens (tertiary/aromatic N) is 1. The number of carbonyl (C=O) groups is 1. The first-order valence-corrected chi connectivity index (χ1v) is 6.47. The molecule has 0 heterocycles. The molecule has 0 aliphatic rings. The normalized spacial score (nSPS) is 10.2. The Morgan fingerprint density at radius 1 is 1.16 bits per heavy atom. The topological polar surface area (TPSA) is 60.2 Å². The molecule has 0 amide bonds. The average molecular weight is 294 g/mol. The van der Waals surface area contributed by atoms with Gasteiger partial charge in [0.05, 0.1) is 9.95 Å². The highest BCUT2D eigenvalue weighted by atomic mass is 35.5. The number of aldehydes is 1. The van der Waals surface area contributed by atoms with Crippen molar-refractivity contribution in [3.63, 3.8) is 0 Å². The third-order valence-electron chi connectivity index (χ3n) is 2.39. The second-order valence-electron chi connectivity index (χ2n) is 3.63. The molecule has 0 bridgehead atoms. The summed E-state index contributed by atoms with van der Waals surface area (Å²) in [5.74, 6) is 0. The van der Waals surface area contributed by atoms with Crippen LogP contribution in [0.25, 0.3) is 0 Å². The van der Waals surface area contributed by atoms with Gasteiger partial charge in [0.1, 0.15) is 0 Å². The van der Waals surface area contributed by atoms with Crippen molar-refractivity contribution in [3.8, 4) is 0 Å². The molecule has 0 spiro atoms. The van der Waals surface area contributed by atoms with Gasteiger partial charge >= 0.3 is 0 Å². The summed E-state index contributed by atoms with van der Waals surface area (Å²) in [6.45, 7) is 0. The molecule has 0 N–H and O–H groups in total. The highest BCUT2D eigenvalue weighted by Gasteiger charge is 2.12. The van der Waals surface area contributed by atoms with Crippen molar-refractivity contribution in [2.45, 2.75) is 9.79 Å². The van der Waals surface area contributed by atoms with Gasteiger partial charge in [-0.05, 0) is 18.2 Å². The Bertz CT molecular complexity index is 646. The molecule has 6 heteroatoms. The quantitative estimate of drug-likeness (QED) is 0.481. The maximum absolute atomic E-state index is 11.0. The molecule has 0 aliphatic heterocycles. The SMILES string of the molecule is O=Cc1cc([N+](=O)[O-])ccc1Sc1ccccc1Cl. The van der Waals surface area contributed by atoms with E-state index in [2.05, 4.69) is 0 Å². The van der Waals surface area contributed by atoms with Crippen LogP contribution in [0.5, 0.6) is 0 Å². The van der Waals surface area contributed by atoms with Crippen molar-refractivity contribution < 1.29 is 9.72 Å². The van der Waals surface area contributed by atoms with Crippen LogP contribution in [0, 0.1) is 10.1 Å². The zero-order valence-corrected chi connectivity index (χ0v) is 11.1. The van der Waals surface area contributed by atoms with Gasteiger partial charge in [0.2, 0.25) is 0 Å². The zero-order valence-electron chi connectivity index (χ0n) is 9.58. The summed E-state index contributed by atoms with van der Waals surface area (Å²) in [6, 6.07) is 11.4. The average Bonchev–Trinajstić information content (AvgIpc) is 2.41. The Labute approximate surface area is 118 Å². The minimum atomic E-state index is -0.531. The summed E-state index contributed by atoms with van der Waals surface area (Å²) in [7, 11) is 0. The van der Waals surface area contributed by atoms with Gasteiger partial charge in [-0.1, -0.05) is 35.5 Å². The van der Waals surface area contributed by atoms with Crippen LogP contribution in [0.15, 0.2) is 52.3 Å². The number of nitro groups is 1. The van der Waals surface area contributed by atoms with Crippen LogP contribution >= 0.6 is 23.4 Å². The molecule has 4 nitrogen and oxygen atoms in total. The summed E-state index contributed by atoms with van der Waals surface area (Å²) in [5.41, 5.74) is 0.171. The van der Waals surface area contributed by atoms with E-state index >= 15 is 0 Å². The van der Waals surface area contributed by atoms with E-state index in [4.69, 9.17) is 11.6 Å². The fourth-order valence-electron chi connectivity index (χ4n) is 1.48. The largest absolute Gasteiger partial charge is 0.298 e. The first-order chi connectivity index (χ1) is 9.11. The summed E-state index contributed by atoms with van der Waals surface area (Å²) in [4.78, 5) is 22.6. The Kier molecular flexibility index (Phi) is 4.19. The molecular formula is C13H8ClNO3S. The summed E-state index contributed by atoms with van der Waals surface area (Å²) >= 11 is 7.33. The van der Waals surface area contributed by atoms with Crippen LogP contribution in [0.4, 0.5) is 5.69 Å². The number of non-ortho nitro benzene ring substituents is 1. The summed E-state index contributed by atoms with van der Waals surface area (Å²) in [5, 5.41) is 11.2. The summed E-state index contributed by atoms with van der Waals surface area (Å²) < 4.78 is 0. The maximum atomic E-state index is 11.0. The van der Waals surface area contributed by atoms with E-state index in [0.717, 1.165) is 4.90 Å². The first kappa shape index (κ1) is 13.6. The van der Waals surface area contributed by atoms with Crippen molar-refractivity contribution in [3.05, 3.63) is 63.2 Å². The van der Waals surface area contributed by atoms with Crippen molar-refractivity contribution in [2.75, 3.05) is 0 Å². The predicted octanol–water partition coefficient (Wildman–Crippen LogP) is 4.21. The van der Waals surface area contributed by atoms with E-state index in [-0.39, 0.29) is 11.3 Å². The number of hydrogen-bond donors (Lipinski definition) is 0. The Balaban J connectivity index is 2.38. The number of benzene rings is 2. The molecule has 2 rings (SSSR count). The molecule has 0 aromatic heterocycles.